The summed E-state index contributed by atoms with van der Waals surface area (Å²) in [5, 5.41) is 3.51. The predicted molar refractivity (Wildman–Crippen MR) is 80.4 cm³/mol. The van der Waals surface area contributed by atoms with E-state index in [1.807, 2.05) is 0 Å². The average Bonchev–Trinajstić information content (AvgIpc) is 3.04. The highest BCUT2D eigenvalue weighted by Gasteiger charge is 2.53. The molecule has 0 bridgehead atoms. The standard InChI is InChI=1S/C16H31N3/c1-18(2)12-14-3-9-19(10-4-14)13-15-11-16(15)5-7-17-8-6-16/h14-15,17H,3-13H2,1-2H3. The SMILES string of the molecule is CN(C)CC1CCN(CC2CC23CCNCC3)CC1. The molecule has 0 amide bonds. The van der Waals surface area contributed by atoms with Crippen molar-refractivity contribution in [3.63, 3.8) is 0 Å². The molecule has 0 aromatic heterocycles. The second-order valence-electron chi connectivity index (χ2n) is 7.52. The van der Waals surface area contributed by atoms with Crippen molar-refractivity contribution in [3.8, 4) is 0 Å². The summed E-state index contributed by atoms with van der Waals surface area (Å²) in [6, 6.07) is 0. The maximum Gasteiger partial charge on any atom is 0.00152 e. The Bertz CT molecular complexity index is 288. The number of likely N-dealkylation sites (tertiary alicyclic amines) is 1. The van der Waals surface area contributed by atoms with Crippen LogP contribution in [0.15, 0.2) is 0 Å². The first-order chi connectivity index (χ1) is 9.18. The Labute approximate surface area is 118 Å². The van der Waals surface area contributed by atoms with Crippen LogP contribution >= 0.6 is 0 Å². The molecule has 0 aromatic rings. The Morgan fingerprint density at radius 2 is 1.84 bits per heavy atom. The van der Waals surface area contributed by atoms with E-state index in [-0.39, 0.29) is 0 Å². The summed E-state index contributed by atoms with van der Waals surface area (Å²) < 4.78 is 0. The molecular formula is C16H31N3. The molecular weight excluding hydrogens is 234 g/mol. The van der Waals surface area contributed by atoms with Crippen LogP contribution in [0.4, 0.5) is 0 Å². The summed E-state index contributed by atoms with van der Waals surface area (Å²) in [5.74, 6) is 1.97. The molecule has 3 heteroatoms. The lowest BCUT2D eigenvalue weighted by Gasteiger charge is -2.34. The zero-order valence-corrected chi connectivity index (χ0v) is 12.8. The topological polar surface area (TPSA) is 18.5 Å². The lowest BCUT2D eigenvalue weighted by Crippen LogP contribution is -2.39. The highest BCUT2D eigenvalue weighted by Crippen LogP contribution is 2.58. The van der Waals surface area contributed by atoms with Crippen LogP contribution in [-0.4, -0.2) is 63.2 Å². The quantitative estimate of drug-likeness (QED) is 0.834. The summed E-state index contributed by atoms with van der Waals surface area (Å²) >= 11 is 0. The van der Waals surface area contributed by atoms with Gasteiger partial charge in [0.1, 0.15) is 0 Å². The Morgan fingerprint density at radius 3 is 2.47 bits per heavy atom. The van der Waals surface area contributed by atoms with Crippen molar-refractivity contribution in [1.82, 2.24) is 15.1 Å². The molecule has 110 valence electrons. The van der Waals surface area contributed by atoms with Gasteiger partial charge in [0.2, 0.25) is 0 Å². The number of nitrogens with zero attached hydrogens (tertiary/aromatic N) is 2. The molecule has 3 rings (SSSR count). The molecule has 1 atom stereocenters. The Kier molecular flexibility index (Phi) is 4.16. The molecule has 0 radical (unpaired) electrons. The largest absolute Gasteiger partial charge is 0.317 e. The Balaban J connectivity index is 1.39. The maximum absolute atomic E-state index is 3.51. The molecule has 1 N–H and O–H groups in total. The summed E-state index contributed by atoms with van der Waals surface area (Å²) in [5.41, 5.74) is 0.770. The van der Waals surface area contributed by atoms with E-state index in [2.05, 4.69) is 29.2 Å². The minimum Gasteiger partial charge on any atom is -0.317 e. The van der Waals surface area contributed by atoms with Gasteiger partial charge in [0, 0.05) is 13.1 Å². The third-order valence-electron chi connectivity index (χ3n) is 5.77. The second kappa shape index (κ2) is 5.71. The first-order valence-corrected chi connectivity index (χ1v) is 8.26. The van der Waals surface area contributed by atoms with Gasteiger partial charge in [0.05, 0.1) is 0 Å². The zero-order valence-electron chi connectivity index (χ0n) is 12.8. The molecule has 1 aliphatic carbocycles. The summed E-state index contributed by atoms with van der Waals surface area (Å²) in [6.45, 7) is 7.91. The molecule has 1 saturated carbocycles. The van der Waals surface area contributed by atoms with Gasteiger partial charge in [-0.3, -0.25) is 0 Å². The van der Waals surface area contributed by atoms with E-state index in [0.29, 0.717) is 0 Å². The normalized spacial score (nSPS) is 32.1. The van der Waals surface area contributed by atoms with Crippen LogP contribution in [0.5, 0.6) is 0 Å². The second-order valence-corrected chi connectivity index (χ2v) is 7.52. The van der Waals surface area contributed by atoms with Crippen LogP contribution in [0.3, 0.4) is 0 Å². The monoisotopic (exact) mass is 265 g/mol. The van der Waals surface area contributed by atoms with Gasteiger partial charge in [0.15, 0.2) is 0 Å². The van der Waals surface area contributed by atoms with E-state index < -0.39 is 0 Å². The van der Waals surface area contributed by atoms with Gasteiger partial charge in [-0.2, -0.15) is 0 Å². The van der Waals surface area contributed by atoms with Gasteiger partial charge in [-0.05, 0) is 89.6 Å². The van der Waals surface area contributed by atoms with Gasteiger partial charge in [0.25, 0.3) is 0 Å². The van der Waals surface area contributed by atoms with Gasteiger partial charge in [-0.15, -0.1) is 0 Å². The molecule has 2 saturated heterocycles. The molecule has 1 unspecified atom stereocenters. The maximum atomic E-state index is 3.51. The first-order valence-electron chi connectivity index (χ1n) is 8.26. The summed E-state index contributed by atoms with van der Waals surface area (Å²) in [7, 11) is 4.41. The van der Waals surface area contributed by atoms with Crippen molar-refractivity contribution in [2.45, 2.75) is 32.1 Å². The zero-order chi connectivity index (χ0) is 13.3. The van der Waals surface area contributed by atoms with Crippen LogP contribution in [0.1, 0.15) is 32.1 Å². The van der Waals surface area contributed by atoms with Gasteiger partial charge >= 0.3 is 0 Å². The highest BCUT2D eigenvalue weighted by atomic mass is 15.1. The van der Waals surface area contributed by atoms with Crippen LogP contribution < -0.4 is 5.32 Å². The molecule has 1 spiro atoms. The molecule has 2 aliphatic heterocycles. The van der Waals surface area contributed by atoms with Crippen LogP contribution in [0, 0.1) is 17.3 Å². The van der Waals surface area contributed by atoms with E-state index in [9.17, 15) is 0 Å². The Morgan fingerprint density at radius 1 is 1.16 bits per heavy atom. The lowest BCUT2D eigenvalue weighted by atomic mass is 9.91. The number of nitrogens with one attached hydrogen (secondary N) is 1. The van der Waals surface area contributed by atoms with Crippen molar-refractivity contribution in [1.29, 1.82) is 0 Å². The lowest BCUT2D eigenvalue weighted by molar-refractivity contribution is 0.148. The molecule has 19 heavy (non-hydrogen) atoms. The number of hydrogen-bond acceptors (Lipinski definition) is 3. The van der Waals surface area contributed by atoms with Gasteiger partial charge in [-0.25, -0.2) is 0 Å². The number of rotatable bonds is 4. The third-order valence-corrected chi connectivity index (χ3v) is 5.77. The van der Waals surface area contributed by atoms with Crippen molar-refractivity contribution < 1.29 is 0 Å². The molecule has 2 heterocycles. The smallest absolute Gasteiger partial charge is 0.00152 e. The number of hydrogen-bond donors (Lipinski definition) is 1. The molecule has 3 nitrogen and oxygen atoms in total. The van der Waals surface area contributed by atoms with Crippen molar-refractivity contribution in [2.75, 3.05) is 53.4 Å². The summed E-state index contributed by atoms with van der Waals surface area (Å²) in [6.07, 6.45) is 7.23. The molecule has 0 aromatic carbocycles. The average molecular weight is 265 g/mol. The summed E-state index contributed by atoms with van der Waals surface area (Å²) in [4.78, 5) is 5.11. The fourth-order valence-electron chi connectivity index (χ4n) is 4.41. The highest BCUT2D eigenvalue weighted by molar-refractivity contribution is 5.05. The van der Waals surface area contributed by atoms with Crippen molar-refractivity contribution in [3.05, 3.63) is 0 Å². The van der Waals surface area contributed by atoms with E-state index in [0.717, 1.165) is 17.3 Å². The molecule has 3 aliphatic rings. The Hall–Kier alpha value is -0.120. The van der Waals surface area contributed by atoms with E-state index >= 15 is 0 Å². The van der Waals surface area contributed by atoms with Crippen molar-refractivity contribution >= 4 is 0 Å². The van der Waals surface area contributed by atoms with E-state index in [4.69, 9.17) is 0 Å². The van der Waals surface area contributed by atoms with E-state index in [1.54, 1.807) is 0 Å². The number of piperidine rings is 2. The fourth-order valence-corrected chi connectivity index (χ4v) is 4.41. The minimum atomic E-state index is 0.770. The third kappa shape index (κ3) is 3.32. The first kappa shape index (κ1) is 13.8. The van der Waals surface area contributed by atoms with Gasteiger partial charge < -0.3 is 15.1 Å². The van der Waals surface area contributed by atoms with Crippen LogP contribution in [-0.2, 0) is 0 Å². The minimum absolute atomic E-state index is 0.770. The van der Waals surface area contributed by atoms with Crippen LogP contribution in [0.2, 0.25) is 0 Å². The predicted octanol–water partition coefficient (Wildman–Crippen LogP) is 1.65. The van der Waals surface area contributed by atoms with Crippen LogP contribution in [0.25, 0.3) is 0 Å². The molecule has 3 fully saturated rings. The van der Waals surface area contributed by atoms with E-state index in [1.165, 1.54) is 71.4 Å². The van der Waals surface area contributed by atoms with Gasteiger partial charge in [-0.1, -0.05) is 0 Å². The fraction of sp³-hybridized carbons (Fsp3) is 1.00. The van der Waals surface area contributed by atoms with Crippen molar-refractivity contribution in [2.24, 2.45) is 17.3 Å².